The van der Waals surface area contributed by atoms with Crippen molar-refractivity contribution in [3.63, 3.8) is 0 Å². The zero-order valence-corrected chi connectivity index (χ0v) is 19.6. The minimum Gasteiger partial charge on any atom is -0.494 e. The lowest BCUT2D eigenvalue weighted by Gasteiger charge is -2.32. The van der Waals surface area contributed by atoms with Gasteiger partial charge in [0.15, 0.2) is 0 Å². The molecule has 1 aliphatic rings. The van der Waals surface area contributed by atoms with Crippen molar-refractivity contribution in [2.45, 2.75) is 18.9 Å². The van der Waals surface area contributed by atoms with Crippen LogP contribution in [0.2, 0.25) is 0 Å². The van der Waals surface area contributed by atoms with E-state index in [4.69, 9.17) is 10.5 Å². The average Bonchev–Trinajstić information content (AvgIpc) is 3.21. The van der Waals surface area contributed by atoms with Crippen LogP contribution in [0.15, 0.2) is 54.9 Å². The number of nitrogens with zero attached hydrogens (tertiary/aromatic N) is 5. The summed E-state index contributed by atoms with van der Waals surface area (Å²) in [5, 5.41) is 16.2. The van der Waals surface area contributed by atoms with Gasteiger partial charge in [-0.05, 0) is 25.0 Å². The maximum Gasteiger partial charge on any atom is 0.294 e. The smallest absolute Gasteiger partial charge is 0.294 e. The van der Waals surface area contributed by atoms with Gasteiger partial charge in [0.1, 0.15) is 11.4 Å². The molecule has 0 atom stereocenters. The van der Waals surface area contributed by atoms with Crippen LogP contribution in [0.1, 0.15) is 12.8 Å². The second-order valence-corrected chi connectivity index (χ2v) is 8.68. The number of nitrogens with one attached hydrogen (secondary N) is 1. The number of nitro groups is 1. The zero-order chi connectivity index (χ0) is 24.5. The number of methoxy groups -OCH3 is 1. The Bertz CT molecular complexity index is 1390. The molecular formula is C25H27N7O3. The van der Waals surface area contributed by atoms with Gasteiger partial charge in [-0.3, -0.25) is 10.1 Å². The van der Waals surface area contributed by atoms with E-state index in [0.29, 0.717) is 36.2 Å². The van der Waals surface area contributed by atoms with E-state index in [2.05, 4.69) is 32.0 Å². The molecule has 2 aromatic heterocycles. The van der Waals surface area contributed by atoms with Gasteiger partial charge in [-0.2, -0.15) is 0 Å². The van der Waals surface area contributed by atoms with E-state index < -0.39 is 0 Å². The van der Waals surface area contributed by atoms with Crippen molar-refractivity contribution in [1.82, 2.24) is 14.5 Å². The normalized spacial score (nSPS) is 14.3. The Morgan fingerprint density at radius 1 is 1.20 bits per heavy atom. The summed E-state index contributed by atoms with van der Waals surface area (Å²) in [7, 11) is 3.53. The van der Waals surface area contributed by atoms with Gasteiger partial charge in [-0.25, -0.2) is 9.97 Å². The molecule has 1 saturated heterocycles. The van der Waals surface area contributed by atoms with Crippen molar-refractivity contribution in [3.8, 4) is 17.0 Å². The molecule has 10 nitrogen and oxygen atoms in total. The van der Waals surface area contributed by atoms with Gasteiger partial charge >= 0.3 is 0 Å². The van der Waals surface area contributed by atoms with Crippen LogP contribution in [-0.4, -0.2) is 45.7 Å². The molecule has 180 valence electrons. The molecule has 3 N–H and O–H groups in total. The number of para-hydroxylation sites is 1. The number of piperidine rings is 1. The molecular weight excluding hydrogens is 446 g/mol. The molecule has 0 spiro atoms. The summed E-state index contributed by atoms with van der Waals surface area (Å²) >= 11 is 0. The van der Waals surface area contributed by atoms with Crippen LogP contribution < -0.4 is 20.7 Å². The van der Waals surface area contributed by atoms with Crippen molar-refractivity contribution in [1.29, 1.82) is 0 Å². The molecule has 0 radical (unpaired) electrons. The summed E-state index contributed by atoms with van der Waals surface area (Å²) in [6.07, 6.45) is 5.27. The number of hydrogen-bond donors (Lipinski definition) is 2. The van der Waals surface area contributed by atoms with Gasteiger partial charge in [0.05, 0.1) is 23.4 Å². The molecule has 0 saturated carbocycles. The van der Waals surface area contributed by atoms with E-state index in [0.717, 1.165) is 35.0 Å². The molecule has 35 heavy (non-hydrogen) atoms. The number of benzene rings is 2. The largest absolute Gasteiger partial charge is 0.494 e. The first kappa shape index (κ1) is 22.6. The van der Waals surface area contributed by atoms with E-state index in [9.17, 15) is 10.1 Å². The molecule has 4 aromatic rings. The molecule has 3 heterocycles. The van der Waals surface area contributed by atoms with Gasteiger partial charge in [0.25, 0.3) is 5.69 Å². The molecule has 1 aliphatic heterocycles. The number of anilines is 3. The number of aromatic nitrogens is 3. The summed E-state index contributed by atoms with van der Waals surface area (Å²) < 4.78 is 7.64. The number of nitro benzene ring substituents is 1. The first-order chi connectivity index (χ1) is 16.9. The number of rotatable bonds is 6. The number of ether oxygens (including phenoxy) is 1. The Morgan fingerprint density at radius 3 is 2.71 bits per heavy atom. The lowest BCUT2D eigenvalue weighted by Crippen LogP contribution is -2.39. The van der Waals surface area contributed by atoms with Gasteiger partial charge in [-0.15, -0.1) is 0 Å². The summed E-state index contributed by atoms with van der Waals surface area (Å²) in [4.78, 5) is 22.6. The second-order valence-electron chi connectivity index (χ2n) is 8.68. The van der Waals surface area contributed by atoms with Crippen molar-refractivity contribution in [2.75, 3.05) is 30.4 Å². The van der Waals surface area contributed by atoms with Crippen LogP contribution in [0.4, 0.5) is 23.0 Å². The van der Waals surface area contributed by atoms with Gasteiger partial charge < -0.3 is 25.3 Å². The third-order valence-electron chi connectivity index (χ3n) is 6.45. The van der Waals surface area contributed by atoms with Crippen LogP contribution in [-0.2, 0) is 7.05 Å². The van der Waals surface area contributed by atoms with Crippen LogP contribution in [0, 0.1) is 10.1 Å². The second kappa shape index (κ2) is 9.22. The number of nitrogens with two attached hydrogens (primary N) is 1. The maximum atomic E-state index is 12.0. The zero-order valence-electron chi connectivity index (χ0n) is 19.6. The Balaban J connectivity index is 1.50. The molecule has 2 aromatic carbocycles. The van der Waals surface area contributed by atoms with Crippen LogP contribution in [0.25, 0.3) is 22.2 Å². The van der Waals surface area contributed by atoms with Gasteiger partial charge in [0, 0.05) is 67.2 Å². The van der Waals surface area contributed by atoms with Gasteiger partial charge in [0.2, 0.25) is 5.95 Å². The average molecular weight is 474 g/mol. The fourth-order valence-corrected chi connectivity index (χ4v) is 4.60. The predicted molar refractivity (Wildman–Crippen MR) is 136 cm³/mol. The molecule has 0 aliphatic carbocycles. The molecule has 0 unspecified atom stereocenters. The number of fused-ring (bicyclic) bond motifs is 1. The summed E-state index contributed by atoms with van der Waals surface area (Å²) in [5.41, 5.74) is 9.78. The summed E-state index contributed by atoms with van der Waals surface area (Å²) in [6.45, 7) is 1.32. The first-order valence-corrected chi connectivity index (χ1v) is 11.5. The Labute approximate surface area is 202 Å². The fraction of sp³-hybridized carbons (Fsp3) is 0.280. The minimum absolute atomic E-state index is 0.00557. The van der Waals surface area contributed by atoms with Crippen molar-refractivity contribution in [2.24, 2.45) is 12.8 Å². The van der Waals surface area contributed by atoms with Gasteiger partial charge in [-0.1, -0.05) is 18.2 Å². The maximum absolute atomic E-state index is 12.0. The molecule has 5 rings (SSSR count). The third kappa shape index (κ3) is 4.35. The Hall–Kier alpha value is -4.18. The predicted octanol–water partition coefficient (Wildman–Crippen LogP) is 4.22. The molecule has 1 fully saturated rings. The highest BCUT2D eigenvalue weighted by atomic mass is 16.6. The SMILES string of the molecule is COc1cc(N2CCC(N)CC2)c([N+](=O)[O-])cc1Nc1nccc(-c2cn(C)c3ccccc23)n1. The van der Waals surface area contributed by atoms with Crippen LogP contribution in [0.3, 0.4) is 0 Å². The van der Waals surface area contributed by atoms with Crippen molar-refractivity contribution < 1.29 is 9.66 Å². The van der Waals surface area contributed by atoms with Crippen LogP contribution in [0.5, 0.6) is 5.75 Å². The monoisotopic (exact) mass is 473 g/mol. The van der Waals surface area contributed by atoms with E-state index in [1.807, 2.05) is 36.3 Å². The Kier molecular flexibility index (Phi) is 5.96. The van der Waals surface area contributed by atoms with E-state index in [1.165, 1.54) is 13.2 Å². The third-order valence-corrected chi connectivity index (χ3v) is 6.45. The summed E-state index contributed by atoms with van der Waals surface area (Å²) in [5.74, 6) is 0.791. The number of aryl methyl sites for hydroxylation is 1. The molecule has 0 amide bonds. The lowest BCUT2D eigenvalue weighted by atomic mass is 10.0. The van der Waals surface area contributed by atoms with E-state index >= 15 is 0 Å². The van der Waals surface area contributed by atoms with Crippen molar-refractivity contribution in [3.05, 3.63) is 65.0 Å². The minimum atomic E-state index is -0.373. The van der Waals surface area contributed by atoms with E-state index in [-0.39, 0.29) is 16.7 Å². The Morgan fingerprint density at radius 2 is 1.97 bits per heavy atom. The standard InChI is InChI=1S/C25H27N7O3/c1-30-15-18(17-5-3-4-6-21(17)30)19-7-10-27-25(28-19)29-20-13-23(32(33)34)22(14-24(20)35-2)31-11-8-16(26)9-12-31/h3-7,10,13-16H,8-9,11-12,26H2,1-2H3,(H,27,28,29). The van der Waals surface area contributed by atoms with Crippen LogP contribution >= 0.6 is 0 Å². The summed E-state index contributed by atoms with van der Waals surface area (Å²) in [6, 6.07) is 13.3. The number of hydrogen-bond acceptors (Lipinski definition) is 8. The molecule has 10 heteroatoms. The molecule has 0 bridgehead atoms. The van der Waals surface area contributed by atoms with E-state index in [1.54, 1.807) is 12.3 Å². The fourth-order valence-electron chi connectivity index (χ4n) is 4.60. The highest BCUT2D eigenvalue weighted by molar-refractivity contribution is 5.95. The highest BCUT2D eigenvalue weighted by Crippen LogP contribution is 2.40. The lowest BCUT2D eigenvalue weighted by molar-refractivity contribution is -0.384. The van der Waals surface area contributed by atoms with Crippen molar-refractivity contribution >= 4 is 33.9 Å². The first-order valence-electron chi connectivity index (χ1n) is 11.5. The highest BCUT2D eigenvalue weighted by Gasteiger charge is 2.26. The topological polar surface area (TPSA) is 124 Å². The quantitative estimate of drug-likeness (QED) is 0.315.